The SMILES string of the molecule is Oc1cc(O)c(OCc2ccccc2)cc1OCc1ccccc1. The van der Waals surface area contributed by atoms with Crippen LogP contribution in [0.2, 0.25) is 0 Å². The van der Waals surface area contributed by atoms with Crippen molar-refractivity contribution in [2.24, 2.45) is 0 Å². The van der Waals surface area contributed by atoms with Crippen LogP contribution < -0.4 is 9.47 Å². The first-order valence-electron chi connectivity index (χ1n) is 7.62. The maximum absolute atomic E-state index is 9.94. The zero-order chi connectivity index (χ0) is 16.8. The van der Waals surface area contributed by atoms with E-state index in [1.807, 2.05) is 60.7 Å². The Bertz CT molecular complexity index is 721. The van der Waals surface area contributed by atoms with Gasteiger partial charge < -0.3 is 19.7 Å². The van der Waals surface area contributed by atoms with Gasteiger partial charge in [0.05, 0.1) is 0 Å². The van der Waals surface area contributed by atoms with E-state index in [4.69, 9.17) is 9.47 Å². The highest BCUT2D eigenvalue weighted by Crippen LogP contribution is 2.38. The van der Waals surface area contributed by atoms with Gasteiger partial charge in [-0.3, -0.25) is 0 Å². The number of hydrogen-bond donors (Lipinski definition) is 2. The lowest BCUT2D eigenvalue weighted by molar-refractivity contribution is 0.269. The van der Waals surface area contributed by atoms with Crippen molar-refractivity contribution in [3.63, 3.8) is 0 Å². The fourth-order valence-electron chi connectivity index (χ4n) is 2.24. The van der Waals surface area contributed by atoms with Crippen LogP contribution in [0.25, 0.3) is 0 Å². The summed E-state index contributed by atoms with van der Waals surface area (Å²) in [5, 5.41) is 19.9. The number of aromatic hydroxyl groups is 2. The zero-order valence-electron chi connectivity index (χ0n) is 13.1. The third-order valence-corrected chi connectivity index (χ3v) is 3.51. The van der Waals surface area contributed by atoms with E-state index in [0.29, 0.717) is 13.2 Å². The second kappa shape index (κ2) is 7.42. The number of phenolic OH excluding ortho intramolecular Hbond substituents is 2. The van der Waals surface area contributed by atoms with Gasteiger partial charge in [0.25, 0.3) is 0 Å². The lowest BCUT2D eigenvalue weighted by Crippen LogP contribution is -1.98. The molecule has 0 aromatic heterocycles. The number of rotatable bonds is 6. The van der Waals surface area contributed by atoms with Gasteiger partial charge in [0.15, 0.2) is 23.0 Å². The normalized spacial score (nSPS) is 10.3. The van der Waals surface area contributed by atoms with Crippen molar-refractivity contribution >= 4 is 0 Å². The molecule has 0 aliphatic carbocycles. The molecule has 3 rings (SSSR count). The summed E-state index contributed by atoms with van der Waals surface area (Å²) in [6.07, 6.45) is 0. The lowest BCUT2D eigenvalue weighted by atomic mass is 10.2. The van der Waals surface area contributed by atoms with Crippen LogP contribution >= 0.6 is 0 Å². The van der Waals surface area contributed by atoms with Crippen molar-refractivity contribution < 1.29 is 19.7 Å². The van der Waals surface area contributed by atoms with Gasteiger partial charge >= 0.3 is 0 Å². The lowest BCUT2D eigenvalue weighted by Gasteiger charge is -2.13. The van der Waals surface area contributed by atoms with E-state index in [-0.39, 0.29) is 23.0 Å². The predicted molar refractivity (Wildman–Crippen MR) is 91.3 cm³/mol. The number of ether oxygens (including phenoxy) is 2. The minimum Gasteiger partial charge on any atom is -0.504 e. The molecule has 0 heterocycles. The summed E-state index contributed by atoms with van der Waals surface area (Å²) in [6, 6.07) is 22.0. The Morgan fingerprint density at radius 3 is 1.42 bits per heavy atom. The van der Waals surface area contributed by atoms with Crippen molar-refractivity contribution in [2.45, 2.75) is 13.2 Å². The highest BCUT2D eigenvalue weighted by atomic mass is 16.5. The Labute approximate surface area is 140 Å². The minimum atomic E-state index is -0.129. The molecular formula is C20H18O4. The molecular weight excluding hydrogens is 304 g/mol. The molecule has 4 heteroatoms. The molecule has 4 nitrogen and oxygen atoms in total. The first kappa shape index (κ1) is 15.7. The Morgan fingerprint density at radius 1 is 0.583 bits per heavy atom. The highest BCUT2D eigenvalue weighted by molar-refractivity contribution is 5.53. The maximum atomic E-state index is 9.94. The van der Waals surface area contributed by atoms with E-state index in [9.17, 15) is 10.2 Å². The topological polar surface area (TPSA) is 58.9 Å². The summed E-state index contributed by atoms with van der Waals surface area (Å²) in [5.41, 5.74) is 1.97. The van der Waals surface area contributed by atoms with Crippen molar-refractivity contribution in [1.82, 2.24) is 0 Å². The number of phenols is 2. The Balaban J connectivity index is 1.71. The van der Waals surface area contributed by atoms with Gasteiger partial charge in [0.1, 0.15) is 13.2 Å². The van der Waals surface area contributed by atoms with E-state index in [0.717, 1.165) is 11.1 Å². The Kier molecular flexibility index (Phi) is 4.87. The average molecular weight is 322 g/mol. The summed E-state index contributed by atoms with van der Waals surface area (Å²) in [5.74, 6) is 0.269. The molecule has 0 atom stereocenters. The molecule has 0 radical (unpaired) electrons. The molecule has 0 saturated carbocycles. The van der Waals surface area contributed by atoms with E-state index in [2.05, 4.69) is 0 Å². The van der Waals surface area contributed by atoms with Crippen LogP contribution in [0, 0.1) is 0 Å². The summed E-state index contributed by atoms with van der Waals surface area (Å²) < 4.78 is 11.3. The fourth-order valence-corrected chi connectivity index (χ4v) is 2.24. The highest BCUT2D eigenvalue weighted by Gasteiger charge is 2.11. The minimum absolute atomic E-state index is 0.129. The van der Waals surface area contributed by atoms with Gasteiger partial charge in [-0.2, -0.15) is 0 Å². The maximum Gasteiger partial charge on any atom is 0.165 e. The van der Waals surface area contributed by atoms with Crippen LogP contribution in [0.4, 0.5) is 0 Å². The Hall–Kier alpha value is -3.14. The second-order valence-corrected chi connectivity index (χ2v) is 5.34. The third-order valence-electron chi connectivity index (χ3n) is 3.51. The van der Waals surface area contributed by atoms with Crippen LogP contribution in [-0.4, -0.2) is 10.2 Å². The number of hydrogen-bond acceptors (Lipinski definition) is 4. The van der Waals surface area contributed by atoms with Crippen LogP contribution in [-0.2, 0) is 13.2 Å². The Morgan fingerprint density at radius 2 is 1.00 bits per heavy atom. The van der Waals surface area contributed by atoms with Crippen LogP contribution in [0.15, 0.2) is 72.8 Å². The molecule has 0 bridgehead atoms. The molecule has 3 aromatic rings. The van der Waals surface area contributed by atoms with Gasteiger partial charge in [0.2, 0.25) is 0 Å². The molecule has 3 aromatic carbocycles. The first-order valence-corrected chi connectivity index (χ1v) is 7.62. The van der Waals surface area contributed by atoms with Crippen LogP contribution in [0.5, 0.6) is 23.0 Å². The third kappa shape index (κ3) is 3.98. The van der Waals surface area contributed by atoms with E-state index in [1.165, 1.54) is 12.1 Å². The van der Waals surface area contributed by atoms with Crippen molar-refractivity contribution in [3.8, 4) is 23.0 Å². The van der Waals surface area contributed by atoms with E-state index >= 15 is 0 Å². The molecule has 0 unspecified atom stereocenters. The summed E-state index contributed by atoms with van der Waals surface area (Å²) in [4.78, 5) is 0. The second-order valence-electron chi connectivity index (χ2n) is 5.34. The predicted octanol–water partition coefficient (Wildman–Crippen LogP) is 4.26. The molecule has 0 aliphatic rings. The van der Waals surface area contributed by atoms with Crippen molar-refractivity contribution in [1.29, 1.82) is 0 Å². The molecule has 0 saturated heterocycles. The summed E-state index contributed by atoms with van der Waals surface area (Å²) in [6.45, 7) is 0.634. The molecule has 0 spiro atoms. The average Bonchev–Trinajstić information content (AvgIpc) is 2.62. The first-order chi connectivity index (χ1) is 11.7. The van der Waals surface area contributed by atoms with Gasteiger partial charge in [-0.1, -0.05) is 60.7 Å². The van der Waals surface area contributed by atoms with Crippen molar-refractivity contribution in [3.05, 3.63) is 83.9 Å². The van der Waals surface area contributed by atoms with E-state index in [1.54, 1.807) is 0 Å². The van der Waals surface area contributed by atoms with E-state index < -0.39 is 0 Å². The smallest absolute Gasteiger partial charge is 0.165 e. The molecule has 0 amide bonds. The van der Waals surface area contributed by atoms with Gasteiger partial charge in [-0.25, -0.2) is 0 Å². The van der Waals surface area contributed by atoms with Gasteiger partial charge in [-0.05, 0) is 11.1 Å². The quantitative estimate of drug-likeness (QED) is 0.712. The summed E-state index contributed by atoms with van der Waals surface area (Å²) in [7, 11) is 0. The molecule has 0 fully saturated rings. The summed E-state index contributed by atoms with van der Waals surface area (Å²) >= 11 is 0. The van der Waals surface area contributed by atoms with Crippen molar-refractivity contribution in [2.75, 3.05) is 0 Å². The largest absolute Gasteiger partial charge is 0.504 e. The molecule has 122 valence electrons. The van der Waals surface area contributed by atoms with Gasteiger partial charge in [0, 0.05) is 12.1 Å². The van der Waals surface area contributed by atoms with Crippen LogP contribution in [0.3, 0.4) is 0 Å². The monoisotopic (exact) mass is 322 g/mol. The molecule has 0 aliphatic heterocycles. The fraction of sp³-hybridized carbons (Fsp3) is 0.100. The molecule has 2 N–H and O–H groups in total. The molecule has 24 heavy (non-hydrogen) atoms. The standard InChI is InChI=1S/C20H18O4/c21-17-11-18(22)20(24-14-16-9-5-2-6-10-16)12-19(17)23-13-15-7-3-1-4-8-15/h1-12,21-22H,13-14H2. The number of benzene rings is 3. The zero-order valence-corrected chi connectivity index (χ0v) is 13.1. The van der Waals surface area contributed by atoms with Gasteiger partial charge in [-0.15, -0.1) is 0 Å². The van der Waals surface area contributed by atoms with Crippen LogP contribution in [0.1, 0.15) is 11.1 Å².